The molecule has 3 aromatic rings. The molecule has 0 aliphatic carbocycles. The Balaban J connectivity index is 1.66. The third-order valence-corrected chi connectivity index (χ3v) is 3.55. The first-order chi connectivity index (χ1) is 13.1. The fourth-order valence-corrected chi connectivity index (χ4v) is 2.29. The van der Waals surface area contributed by atoms with Gasteiger partial charge in [-0.3, -0.25) is 10.1 Å². The van der Waals surface area contributed by atoms with Crippen molar-refractivity contribution in [2.75, 3.05) is 17.2 Å². The van der Waals surface area contributed by atoms with E-state index in [1.165, 1.54) is 18.2 Å². The first-order valence-corrected chi connectivity index (χ1v) is 8.13. The maximum atomic E-state index is 13.8. The van der Waals surface area contributed by atoms with E-state index in [1.807, 2.05) is 0 Å². The molecule has 0 saturated carbocycles. The maximum absolute atomic E-state index is 13.8. The quantitative estimate of drug-likeness (QED) is 0.699. The lowest BCUT2D eigenvalue weighted by molar-refractivity contribution is 0.101. The fraction of sp³-hybridized carbons (Fsp3) is 0.105. The van der Waals surface area contributed by atoms with Crippen LogP contribution >= 0.6 is 0 Å². The topological polar surface area (TPSA) is 93.5 Å². The molecule has 138 valence electrons. The van der Waals surface area contributed by atoms with Gasteiger partial charge in [-0.25, -0.2) is 9.18 Å². The molecule has 0 radical (unpaired) electrons. The summed E-state index contributed by atoms with van der Waals surface area (Å²) in [4.78, 5) is 23.6. The van der Waals surface area contributed by atoms with Crippen LogP contribution in [0.3, 0.4) is 0 Å². The second kappa shape index (κ2) is 8.13. The van der Waals surface area contributed by atoms with E-state index < -0.39 is 17.8 Å². The third kappa shape index (κ3) is 4.49. The number of aromatic nitrogens is 1. The summed E-state index contributed by atoms with van der Waals surface area (Å²) in [6.45, 7) is 1.98. The molecular weight excluding hydrogens is 353 g/mol. The Morgan fingerprint density at radius 3 is 2.41 bits per heavy atom. The van der Waals surface area contributed by atoms with Gasteiger partial charge in [0.15, 0.2) is 11.5 Å². The Bertz CT molecular complexity index is 954. The molecule has 0 unspecified atom stereocenters. The van der Waals surface area contributed by atoms with Crippen molar-refractivity contribution in [3.05, 3.63) is 66.1 Å². The Kier molecular flexibility index (Phi) is 5.46. The number of nitrogens with one attached hydrogen (secondary N) is 2. The van der Waals surface area contributed by atoms with Crippen molar-refractivity contribution in [1.82, 2.24) is 5.16 Å². The highest BCUT2D eigenvalue weighted by Crippen LogP contribution is 2.23. The van der Waals surface area contributed by atoms with Crippen LogP contribution in [-0.4, -0.2) is 23.8 Å². The first-order valence-electron chi connectivity index (χ1n) is 8.13. The Hall–Kier alpha value is -3.68. The average Bonchev–Trinajstić information content (AvgIpc) is 3.14. The lowest BCUT2D eigenvalue weighted by Gasteiger charge is -2.07. The summed E-state index contributed by atoms with van der Waals surface area (Å²) in [5.41, 5.74) is 1.25. The van der Waals surface area contributed by atoms with Crippen LogP contribution in [0, 0.1) is 5.82 Å². The molecule has 0 aliphatic heterocycles. The van der Waals surface area contributed by atoms with Crippen LogP contribution in [0.2, 0.25) is 0 Å². The number of anilines is 2. The Labute approximate surface area is 154 Å². The summed E-state index contributed by atoms with van der Waals surface area (Å²) in [6.07, 6.45) is -0.558. The summed E-state index contributed by atoms with van der Waals surface area (Å²) < 4.78 is 23.6. The van der Waals surface area contributed by atoms with Crippen LogP contribution in [0.15, 0.2) is 59.1 Å². The van der Waals surface area contributed by atoms with Gasteiger partial charge in [-0.05, 0) is 43.3 Å². The van der Waals surface area contributed by atoms with E-state index in [1.54, 1.807) is 43.3 Å². The largest absolute Gasteiger partial charge is 0.450 e. The molecule has 3 rings (SSSR count). The SMILES string of the molecule is CCOC(=O)Nc1ccc(NC(=O)c2cc(-c3ccccc3F)on2)cc1. The molecule has 27 heavy (non-hydrogen) atoms. The van der Waals surface area contributed by atoms with Crippen LogP contribution in [0.1, 0.15) is 17.4 Å². The smallest absolute Gasteiger partial charge is 0.411 e. The first kappa shape index (κ1) is 18.1. The lowest BCUT2D eigenvalue weighted by Crippen LogP contribution is -2.14. The molecule has 0 fully saturated rings. The molecule has 1 aromatic heterocycles. The fourth-order valence-electron chi connectivity index (χ4n) is 2.29. The van der Waals surface area contributed by atoms with E-state index in [0.29, 0.717) is 11.4 Å². The Morgan fingerprint density at radius 1 is 1.07 bits per heavy atom. The van der Waals surface area contributed by atoms with Crippen molar-refractivity contribution in [2.45, 2.75) is 6.92 Å². The van der Waals surface area contributed by atoms with Gasteiger partial charge in [0, 0.05) is 17.4 Å². The molecule has 0 saturated heterocycles. The molecule has 0 aliphatic rings. The van der Waals surface area contributed by atoms with E-state index in [-0.39, 0.29) is 23.6 Å². The lowest BCUT2D eigenvalue weighted by atomic mass is 10.1. The number of ether oxygens (including phenoxy) is 1. The number of halogens is 1. The van der Waals surface area contributed by atoms with E-state index in [2.05, 4.69) is 15.8 Å². The summed E-state index contributed by atoms with van der Waals surface area (Å²) in [5, 5.41) is 8.87. The van der Waals surface area contributed by atoms with Gasteiger partial charge in [0.2, 0.25) is 0 Å². The molecule has 2 N–H and O–H groups in total. The second-order valence-electron chi connectivity index (χ2n) is 5.43. The zero-order valence-electron chi connectivity index (χ0n) is 14.4. The predicted molar refractivity (Wildman–Crippen MR) is 96.9 cm³/mol. The van der Waals surface area contributed by atoms with Gasteiger partial charge in [-0.2, -0.15) is 0 Å². The standard InChI is InChI=1S/C19H16FN3O4/c1-2-26-19(25)22-13-9-7-12(8-10-13)21-18(24)16-11-17(27-23-16)14-5-3-4-6-15(14)20/h3-11H,2H2,1H3,(H,21,24)(H,22,25). The summed E-state index contributed by atoms with van der Waals surface area (Å²) in [5.74, 6) is -0.815. The monoisotopic (exact) mass is 369 g/mol. The zero-order valence-corrected chi connectivity index (χ0v) is 14.4. The molecule has 8 heteroatoms. The number of nitrogens with zero attached hydrogens (tertiary/aromatic N) is 1. The summed E-state index contributed by atoms with van der Waals surface area (Å²) in [7, 11) is 0. The highest BCUT2D eigenvalue weighted by atomic mass is 19.1. The minimum absolute atomic E-state index is 0.0157. The molecule has 1 heterocycles. The Morgan fingerprint density at radius 2 is 1.74 bits per heavy atom. The van der Waals surface area contributed by atoms with Crippen LogP contribution in [0.4, 0.5) is 20.6 Å². The molecule has 0 bridgehead atoms. The normalized spacial score (nSPS) is 10.3. The van der Waals surface area contributed by atoms with Crippen molar-refractivity contribution < 1.29 is 23.2 Å². The van der Waals surface area contributed by atoms with Crippen molar-refractivity contribution >= 4 is 23.4 Å². The van der Waals surface area contributed by atoms with E-state index in [0.717, 1.165) is 0 Å². The zero-order chi connectivity index (χ0) is 19.2. The van der Waals surface area contributed by atoms with Crippen LogP contribution in [0.5, 0.6) is 0 Å². The number of benzene rings is 2. The van der Waals surface area contributed by atoms with Gasteiger partial charge in [-0.1, -0.05) is 17.3 Å². The number of hydrogen-bond donors (Lipinski definition) is 2. The minimum atomic E-state index is -0.558. The van der Waals surface area contributed by atoms with Crippen molar-refractivity contribution in [2.24, 2.45) is 0 Å². The van der Waals surface area contributed by atoms with Crippen molar-refractivity contribution in [3.63, 3.8) is 0 Å². The number of rotatable bonds is 5. The number of carbonyl (C=O) groups is 2. The van der Waals surface area contributed by atoms with Gasteiger partial charge in [-0.15, -0.1) is 0 Å². The number of hydrogen-bond acceptors (Lipinski definition) is 5. The molecule has 2 amide bonds. The van der Waals surface area contributed by atoms with Gasteiger partial charge >= 0.3 is 6.09 Å². The predicted octanol–water partition coefficient (Wildman–Crippen LogP) is 4.30. The van der Waals surface area contributed by atoms with Crippen LogP contribution in [-0.2, 0) is 4.74 Å². The molecule has 2 aromatic carbocycles. The summed E-state index contributed by atoms with van der Waals surface area (Å²) in [6, 6.07) is 13.9. The average molecular weight is 369 g/mol. The second-order valence-corrected chi connectivity index (χ2v) is 5.43. The highest BCUT2D eigenvalue weighted by molar-refractivity contribution is 6.03. The number of carbonyl (C=O) groups excluding carboxylic acids is 2. The minimum Gasteiger partial charge on any atom is -0.450 e. The van der Waals surface area contributed by atoms with Gasteiger partial charge < -0.3 is 14.6 Å². The van der Waals surface area contributed by atoms with Crippen molar-refractivity contribution in [1.29, 1.82) is 0 Å². The molecule has 0 atom stereocenters. The van der Waals surface area contributed by atoms with Gasteiger partial charge in [0.1, 0.15) is 5.82 Å². The molecule has 0 spiro atoms. The van der Waals surface area contributed by atoms with Crippen LogP contribution in [0.25, 0.3) is 11.3 Å². The van der Waals surface area contributed by atoms with E-state index in [9.17, 15) is 14.0 Å². The van der Waals surface area contributed by atoms with Crippen LogP contribution < -0.4 is 10.6 Å². The molecular formula is C19H16FN3O4. The maximum Gasteiger partial charge on any atom is 0.411 e. The van der Waals surface area contributed by atoms with Gasteiger partial charge in [0.25, 0.3) is 5.91 Å². The van der Waals surface area contributed by atoms with E-state index in [4.69, 9.17) is 9.26 Å². The summed E-state index contributed by atoms with van der Waals surface area (Å²) >= 11 is 0. The van der Waals surface area contributed by atoms with E-state index >= 15 is 0 Å². The highest BCUT2D eigenvalue weighted by Gasteiger charge is 2.16. The molecule has 7 nitrogen and oxygen atoms in total. The third-order valence-electron chi connectivity index (χ3n) is 3.55. The van der Waals surface area contributed by atoms with Crippen molar-refractivity contribution in [3.8, 4) is 11.3 Å². The van der Waals surface area contributed by atoms with Gasteiger partial charge in [0.05, 0.1) is 12.2 Å². The number of amides is 2.